The SMILES string of the molecule is CCN(CC)C(=O)CN1CCN(C(=O)/C=C/c2cc(Br)ccc2OC(F)F)CC1. The van der Waals surface area contributed by atoms with Crippen molar-refractivity contribution < 1.29 is 23.1 Å². The van der Waals surface area contributed by atoms with E-state index in [1.165, 1.54) is 18.2 Å². The molecule has 2 amide bonds. The molecule has 1 aromatic rings. The molecule has 1 heterocycles. The third kappa shape index (κ3) is 7.08. The number of carbonyl (C=O) groups excluding carboxylic acids is 2. The number of likely N-dealkylation sites (N-methyl/N-ethyl adjacent to an activating group) is 1. The highest BCUT2D eigenvalue weighted by Crippen LogP contribution is 2.26. The lowest BCUT2D eigenvalue weighted by molar-refractivity contribution is -0.133. The molecule has 1 saturated heterocycles. The second-order valence-corrected chi connectivity index (χ2v) is 7.48. The summed E-state index contributed by atoms with van der Waals surface area (Å²) in [5.74, 6) is -0.106. The topological polar surface area (TPSA) is 53.1 Å². The van der Waals surface area contributed by atoms with Gasteiger partial charge in [0.2, 0.25) is 11.8 Å². The number of carbonyl (C=O) groups is 2. The van der Waals surface area contributed by atoms with Gasteiger partial charge in [-0.25, -0.2) is 0 Å². The van der Waals surface area contributed by atoms with Crippen LogP contribution >= 0.6 is 15.9 Å². The van der Waals surface area contributed by atoms with Gasteiger partial charge >= 0.3 is 6.61 Å². The zero-order valence-electron chi connectivity index (χ0n) is 16.6. The molecule has 1 aromatic carbocycles. The van der Waals surface area contributed by atoms with Crippen LogP contribution in [0.15, 0.2) is 28.7 Å². The lowest BCUT2D eigenvalue weighted by Gasteiger charge is -2.34. The van der Waals surface area contributed by atoms with Crippen LogP contribution in [0.1, 0.15) is 19.4 Å². The third-order valence-corrected chi connectivity index (χ3v) is 5.25. The van der Waals surface area contributed by atoms with E-state index in [1.807, 2.05) is 18.7 Å². The molecule has 6 nitrogen and oxygen atoms in total. The molecule has 0 saturated carbocycles. The Bertz CT molecular complexity index is 734. The first-order valence-corrected chi connectivity index (χ1v) is 10.3. The Morgan fingerprint density at radius 2 is 1.86 bits per heavy atom. The molecule has 1 aliphatic rings. The summed E-state index contributed by atoms with van der Waals surface area (Å²) in [6.45, 7) is 4.93. The van der Waals surface area contributed by atoms with Crippen LogP contribution in [0, 0.1) is 0 Å². The predicted molar refractivity (Wildman–Crippen MR) is 111 cm³/mol. The summed E-state index contributed by atoms with van der Waals surface area (Å²) in [5, 5.41) is 0. The average Bonchev–Trinajstić information content (AvgIpc) is 2.69. The predicted octanol–water partition coefficient (Wildman–Crippen LogP) is 3.08. The van der Waals surface area contributed by atoms with E-state index in [0.717, 1.165) is 0 Å². The summed E-state index contributed by atoms with van der Waals surface area (Å²) in [7, 11) is 0. The standard InChI is InChI=1S/C20H26BrF2N3O3/c1-3-25(4-2)19(28)14-24-9-11-26(12-10-24)18(27)8-5-15-13-16(21)6-7-17(15)29-20(22)23/h5-8,13,20H,3-4,9-12,14H2,1-2H3/b8-5+. The number of rotatable bonds is 8. The molecule has 29 heavy (non-hydrogen) atoms. The van der Waals surface area contributed by atoms with E-state index < -0.39 is 6.61 Å². The molecule has 0 spiro atoms. The fourth-order valence-corrected chi connectivity index (χ4v) is 3.49. The first-order valence-electron chi connectivity index (χ1n) is 9.55. The van der Waals surface area contributed by atoms with Crippen LogP contribution < -0.4 is 4.74 Å². The maximum atomic E-state index is 12.5. The number of hydrogen-bond donors (Lipinski definition) is 0. The van der Waals surface area contributed by atoms with Gasteiger partial charge in [0.15, 0.2) is 0 Å². The van der Waals surface area contributed by atoms with E-state index in [9.17, 15) is 18.4 Å². The Morgan fingerprint density at radius 1 is 1.21 bits per heavy atom. The minimum Gasteiger partial charge on any atom is -0.434 e. The maximum absolute atomic E-state index is 12.5. The average molecular weight is 474 g/mol. The Hall–Kier alpha value is -2.00. The monoisotopic (exact) mass is 473 g/mol. The van der Waals surface area contributed by atoms with Gasteiger partial charge in [-0.3, -0.25) is 14.5 Å². The molecule has 0 aromatic heterocycles. The number of hydrogen-bond acceptors (Lipinski definition) is 4. The highest BCUT2D eigenvalue weighted by molar-refractivity contribution is 9.10. The van der Waals surface area contributed by atoms with Gasteiger partial charge in [-0.15, -0.1) is 0 Å². The van der Waals surface area contributed by atoms with Gasteiger partial charge in [-0.2, -0.15) is 8.78 Å². The van der Waals surface area contributed by atoms with Crippen molar-refractivity contribution in [1.29, 1.82) is 0 Å². The number of amides is 2. The van der Waals surface area contributed by atoms with Crippen LogP contribution in [0.3, 0.4) is 0 Å². The lowest BCUT2D eigenvalue weighted by atomic mass is 10.2. The smallest absolute Gasteiger partial charge is 0.387 e. The molecule has 0 radical (unpaired) electrons. The maximum Gasteiger partial charge on any atom is 0.387 e. The second-order valence-electron chi connectivity index (χ2n) is 6.56. The third-order valence-electron chi connectivity index (χ3n) is 4.75. The quantitative estimate of drug-likeness (QED) is 0.544. The molecule has 0 unspecified atom stereocenters. The molecule has 9 heteroatoms. The fourth-order valence-electron chi connectivity index (χ4n) is 3.11. The van der Waals surface area contributed by atoms with Gasteiger partial charge in [0, 0.05) is 55.4 Å². The lowest BCUT2D eigenvalue weighted by Crippen LogP contribution is -2.51. The van der Waals surface area contributed by atoms with Gasteiger partial charge < -0.3 is 14.5 Å². The van der Waals surface area contributed by atoms with Crippen molar-refractivity contribution in [2.24, 2.45) is 0 Å². The number of benzene rings is 1. The Balaban J connectivity index is 1.92. The normalized spacial score (nSPS) is 15.2. The number of halogens is 3. The van der Waals surface area contributed by atoms with Crippen LogP contribution in [0.5, 0.6) is 5.75 Å². The second kappa shape index (κ2) is 11.3. The zero-order chi connectivity index (χ0) is 21.4. The first kappa shape index (κ1) is 23.3. The van der Waals surface area contributed by atoms with Crippen LogP contribution in [-0.4, -0.2) is 78.9 Å². The summed E-state index contributed by atoms with van der Waals surface area (Å²) in [6, 6.07) is 4.62. The van der Waals surface area contributed by atoms with Crippen LogP contribution in [0.25, 0.3) is 6.08 Å². The van der Waals surface area contributed by atoms with E-state index in [2.05, 4.69) is 20.7 Å². The summed E-state index contributed by atoms with van der Waals surface area (Å²) in [6.07, 6.45) is 2.83. The zero-order valence-corrected chi connectivity index (χ0v) is 18.2. The van der Waals surface area contributed by atoms with E-state index >= 15 is 0 Å². The first-order chi connectivity index (χ1) is 13.8. The Kier molecular flexibility index (Phi) is 9.03. The van der Waals surface area contributed by atoms with Crippen LogP contribution in [0.4, 0.5) is 8.78 Å². The van der Waals surface area contributed by atoms with E-state index in [0.29, 0.717) is 55.8 Å². The number of nitrogens with zero attached hydrogens (tertiary/aromatic N) is 3. The number of piperazine rings is 1. The molecule has 0 aliphatic carbocycles. The van der Waals surface area contributed by atoms with Crippen molar-refractivity contribution in [3.05, 3.63) is 34.3 Å². The van der Waals surface area contributed by atoms with Crippen molar-refractivity contribution in [3.63, 3.8) is 0 Å². The molecule has 0 atom stereocenters. The molecule has 160 valence electrons. The van der Waals surface area contributed by atoms with Crippen LogP contribution in [0.2, 0.25) is 0 Å². The van der Waals surface area contributed by atoms with Crippen molar-refractivity contribution in [2.45, 2.75) is 20.5 Å². The largest absolute Gasteiger partial charge is 0.434 e. The Morgan fingerprint density at radius 3 is 2.45 bits per heavy atom. The summed E-state index contributed by atoms with van der Waals surface area (Å²) in [5.41, 5.74) is 0.386. The van der Waals surface area contributed by atoms with E-state index in [-0.39, 0.29) is 17.6 Å². The van der Waals surface area contributed by atoms with Gasteiger partial charge in [-0.1, -0.05) is 15.9 Å². The molecule has 1 aliphatic heterocycles. The molecule has 0 bridgehead atoms. The highest BCUT2D eigenvalue weighted by atomic mass is 79.9. The molecule has 2 rings (SSSR count). The van der Waals surface area contributed by atoms with Crippen molar-refractivity contribution in [2.75, 3.05) is 45.8 Å². The Labute approximate surface area is 178 Å². The molecular formula is C20H26BrF2N3O3. The summed E-state index contributed by atoms with van der Waals surface area (Å²) >= 11 is 3.28. The minimum absolute atomic E-state index is 0.00647. The van der Waals surface area contributed by atoms with Crippen molar-refractivity contribution in [3.8, 4) is 5.75 Å². The summed E-state index contributed by atoms with van der Waals surface area (Å²) < 4.78 is 30.3. The number of ether oxygens (including phenoxy) is 1. The van der Waals surface area contributed by atoms with Gasteiger partial charge in [0.1, 0.15) is 5.75 Å². The number of alkyl halides is 2. The summed E-state index contributed by atoms with van der Waals surface area (Å²) in [4.78, 5) is 30.2. The molecular weight excluding hydrogens is 448 g/mol. The van der Waals surface area contributed by atoms with Gasteiger partial charge in [-0.05, 0) is 38.1 Å². The fraction of sp³-hybridized carbons (Fsp3) is 0.500. The van der Waals surface area contributed by atoms with Crippen LogP contribution in [-0.2, 0) is 9.59 Å². The van der Waals surface area contributed by atoms with E-state index in [4.69, 9.17) is 0 Å². The highest BCUT2D eigenvalue weighted by Gasteiger charge is 2.22. The van der Waals surface area contributed by atoms with Crippen molar-refractivity contribution in [1.82, 2.24) is 14.7 Å². The molecule has 1 fully saturated rings. The van der Waals surface area contributed by atoms with Gasteiger partial charge in [0.25, 0.3) is 0 Å². The van der Waals surface area contributed by atoms with Crippen molar-refractivity contribution >= 4 is 33.8 Å². The van der Waals surface area contributed by atoms with Gasteiger partial charge in [0.05, 0.1) is 6.54 Å². The molecule has 0 N–H and O–H groups in total. The minimum atomic E-state index is -2.94. The van der Waals surface area contributed by atoms with E-state index in [1.54, 1.807) is 21.9 Å².